The van der Waals surface area contributed by atoms with E-state index in [-0.39, 0.29) is 6.42 Å². The molecule has 1 atom stereocenters. The Balaban J connectivity index is 1.68. The molecule has 2 heterocycles. The molecular formula is C19H15N3O3. The van der Waals surface area contributed by atoms with E-state index in [4.69, 9.17) is 0 Å². The lowest BCUT2D eigenvalue weighted by atomic mass is 9.95. The van der Waals surface area contributed by atoms with Crippen molar-refractivity contribution in [1.82, 2.24) is 10.3 Å². The van der Waals surface area contributed by atoms with Gasteiger partial charge in [0.05, 0.1) is 5.69 Å². The Morgan fingerprint density at radius 2 is 1.64 bits per heavy atom. The molecule has 1 aliphatic heterocycles. The van der Waals surface area contributed by atoms with E-state index in [1.165, 1.54) is 0 Å². The number of nitrogens with one attached hydrogen (secondary N) is 2. The molecule has 1 aromatic heterocycles. The molecule has 2 aromatic carbocycles. The lowest BCUT2D eigenvalue weighted by Crippen LogP contribution is -2.58. The Kier molecular flexibility index (Phi) is 3.57. The minimum absolute atomic E-state index is 0.227. The number of amides is 4. The number of anilines is 1. The van der Waals surface area contributed by atoms with Crippen LogP contribution in [0.3, 0.4) is 0 Å². The quantitative estimate of drug-likeness (QED) is 0.723. The molecule has 6 nitrogen and oxygen atoms in total. The van der Waals surface area contributed by atoms with Crippen LogP contribution in [-0.2, 0) is 16.0 Å². The maximum atomic E-state index is 12.8. The van der Waals surface area contributed by atoms with Gasteiger partial charge in [0.15, 0.2) is 0 Å². The number of aromatic nitrogens is 1. The molecule has 124 valence electrons. The predicted molar refractivity (Wildman–Crippen MR) is 93.0 cm³/mol. The summed E-state index contributed by atoms with van der Waals surface area (Å²) in [7, 11) is 0. The molecule has 0 spiro atoms. The van der Waals surface area contributed by atoms with E-state index in [0.29, 0.717) is 5.69 Å². The van der Waals surface area contributed by atoms with Gasteiger partial charge in [0.25, 0.3) is 0 Å². The Labute approximate surface area is 143 Å². The van der Waals surface area contributed by atoms with Gasteiger partial charge in [-0.2, -0.15) is 0 Å². The molecule has 1 saturated heterocycles. The number of carbonyl (C=O) groups excluding carboxylic acids is 3. The average Bonchev–Trinajstić information content (AvgIpc) is 3.02. The van der Waals surface area contributed by atoms with E-state index in [2.05, 4.69) is 10.3 Å². The van der Waals surface area contributed by atoms with E-state index in [9.17, 15) is 14.4 Å². The molecule has 4 rings (SSSR count). The standard InChI is InChI=1S/C19H15N3O3/c23-17-15(10-12-11-20-16-9-5-4-8-14(12)16)18(24)22(19(25)21-17)13-6-2-1-3-7-13/h1-9,11,15,20H,10H2,(H,21,23,25). The second-order valence-electron chi connectivity index (χ2n) is 5.92. The van der Waals surface area contributed by atoms with Crippen LogP contribution in [0.15, 0.2) is 60.8 Å². The number of urea groups is 1. The molecule has 3 aromatic rings. The van der Waals surface area contributed by atoms with Crippen LogP contribution in [0.25, 0.3) is 10.9 Å². The summed E-state index contributed by atoms with van der Waals surface area (Å²) in [6.45, 7) is 0. The summed E-state index contributed by atoms with van der Waals surface area (Å²) in [5.74, 6) is -2.02. The van der Waals surface area contributed by atoms with Crippen LogP contribution in [-0.4, -0.2) is 22.8 Å². The zero-order valence-electron chi connectivity index (χ0n) is 13.2. The number of rotatable bonds is 3. The lowest BCUT2D eigenvalue weighted by Gasteiger charge is -2.30. The van der Waals surface area contributed by atoms with Crippen LogP contribution in [0.2, 0.25) is 0 Å². The zero-order valence-corrected chi connectivity index (χ0v) is 13.2. The van der Waals surface area contributed by atoms with Crippen molar-refractivity contribution in [1.29, 1.82) is 0 Å². The number of hydrogen-bond donors (Lipinski definition) is 2. The molecule has 1 fully saturated rings. The minimum atomic E-state index is -0.947. The number of fused-ring (bicyclic) bond motifs is 1. The summed E-state index contributed by atoms with van der Waals surface area (Å²) in [6.07, 6.45) is 2.03. The van der Waals surface area contributed by atoms with Crippen molar-refractivity contribution in [2.24, 2.45) is 5.92 Å². The summed E-state index contributed by atoms with van der Waals surface area (Å²) >= 11 is 0. The average molecular weight is 333 g/mol. The number of benzene rings is 2. The maximum absolute atomic E-state index is 12.8. The normalized spacial score (nSPS) is 17.8. The fourth-order valence-electron chi connectivity index (χ4n) is 3.14. The summed E-state index contributed by atoms with van der Waals surface area (Å²) < 4.78 is 0. The Morgan fingerprint density at radius 3 is 2.44 bits per heavy atom. The predicted octanol–water partition coefficient (Wildman–Crippen LogP) is 2.61. The molecule has 0 saturated carbocycles. The number of hydrogen-bond acceptors (Lipinski definition) is 3. The summed E-state index contributed by atoms with van der Waals surface area (Å²) in [6, 6.07) is 15.6. The van der Waals surface area contributed by atoms with Crippen molar-refractivity contribution < 1.29 is 14.4 Å². The summed E-state index contributed by atoms with van der Waals surface area (Å²) in [4.78, 5) is 41.4. The topological polar surface area (TPSA) is 82.3 Å². The molecule has 2 N–H and O–H groups in total. The van der Waals surface area contributed by atoms with Crippen molar-refractivity contribution in [3.05, 3.63) is 66.4 Å². The van der Waals surface area contributed by atoms with E-state index in [1.54, 1.807) is 36.5 Å². The highest BCUT2D eigenvalue weighted by Crippen LogP contribution is 2.25. The van der Waals surface area contributed by atoms with E-state index < -0.39 is 23.8 Å². The van der Waals surface area contributed by atoms with Crippen molar-refractivity contribution in [3.8, 4) is 0 Å². The zero-order chi connectivity index (χ0) is 17.4. The highest BCUT2D eigenvalue weighted by Gasteiger charge is 2.41. The molecule has 0 radical (unpaired) electrons. The minimum Gasteiger partial charge on any atom is -0.361 e. The van der Waals surface area contributed by atoms with E-state index >= 15 is 0 Å². The number of imide groups is 2. The van der Waals surface area contributed by atoms with Gasteiger partial charge >= 0.3 is 6.03 Å². The van der Waals surface area contributed by atoms with Gasteiger partial charge in [0.2, 0.25) is 11.8 Å². The fraction of sp³-hybridized carbons (Fsp3) is 0.105. The molecule has 4 amide bonds. The second-order valence-corrected chi connectivity index (χ2v) is 5.92. The Hall–Kier alpha value is -3.41. The van der Waals surface area contributed by atoms with Crippen LogP contribution < -0.4 is 10.2 Å². The second kappa shape index (κ2) is 5.90. The van der Waals surface area contributed by atoms with Crippen molar-refractivity contribution in [2.45, 2.75) is 6.42 Å². The molecule has 0 aliphatic carbocycles. The molecule has 1 unspecified atom stereocenters. The van der Waals surface area contributed by atoms with E-state index in [1.807, 2.05) is 24.3 Å². The van der Waals surface area contributed by atoms with Gasteiger partial charge in [0, 0.05) is 17.1 Å². The maximum Gasteiger partial charge on any atom is 0.335 e. The largest absolute Gasteiger partial charge is 0.361 e. The highest BCUT2D eigenvalue weighted by atomic mass is 16.2. The van der Waals surface area contributed by atoms with Crippen LogP contribution in [0.5, 0.6) is 0 Å². The van der Waals surface area contributed by atoms with Crippen LogP contribution in [0, 0.1) is 5.92 Å². The first-order valence-electron chi connectivity index (χ1n) is 7.94. The third kappa shape index (κ3) is 2.57. The molecule has 6 heteroatoms. The van der Waals surface area contributed by atoms with Crippen LogP contribution in [0.1, 0.15) is 5.56 Å². The number of carbonyl (C=O) groups is 3. The fourth-order valence-corrected chi connectivity index (χ4v) is 3.14. The SMILES string of the molecule is O=C1NC(=O)N(c2ccccc2)C(=O)C1Cc1c[nH]c2ccccc12. The smallest absolute Gasteiger partial charge is 0.335 e. The molecular weight excluding hydrogens is 318 g/mol. The first-order valence-corrected chi connectivity index (χ1v) is 7.94. The third-order valence-corrected chi connectivity index (χ3v) is 4.38. The van der Waals surface area contributed by atoms with Crippen molar-refractivity contribution >= 4 is 34.4 Å². The van der Waals surface area contributed by atoms with E-state index in [0.717, 1.165) is 21.4 Å². The number of H-pyrrole nitrogens is 1. The first-order chi connectivity index (χ1) is 12.1. The van der Waals surface area contributed by atoms with Crippen molar-refractivity contribution in [2.75, 3.05) is 4.90 Å². The molecule has 1 aliphatic rings. The number of para-hydroxylation sites is 2. The number of aromatic amines is 1. The lowest BCUT2D eigenvalue weighted by molar-refractivity contribution is -0.134. The number of barbiturate groups is 1. The van der Waals surface area contributed by atoms with Gasteiger partial charge in [0.1, 0.15) is 5.92 Å². The summed E-state index contributed by atoms with van der Waals surface area (Å²) in [5, 5.41) is 3.25. The monoisotopic (exact) mass is 333 g/mol. The van der Waals surface area contributed by atoms with Crippen molar-refractivity contribution in [3.63, 3.8) is 0 Å². The van der Waals surface area contributed by atoms with Gasteiger partial charge in [-0.3, -0.25) is 14.9 Å². The third-order valence-electron chi connectivity index (χ3n) is 4.38. The Bertz CT molecular complexity index is 978. The van der Waals surface area contributed by atoms with Gasteiger partial charge < -0.3 is 4.98 Å². The van der Waals surface area contributed by atoms with Gasteiger partial charge in [-0.05, 0) is 30.2 Å². The molecule has 0 bridgehead atoms. The van der Waals surface area contributed by atoms with Crippen LogP contribution >= 0.6 is 0 Å². The highest BCUT2D eigenvalue weighted by molar-refractivity contribution is 6.27. The van der Waals surface area contributed by atoms with Gasteiger partial charge in [-0.25, -0.2) is 9.69 Å². The van der Waals surface area contributed by atoms with Gasteiger partial charge in [-0.15, -0.1) is 0 Å². The molecule has 25 heavy (non-hydrogen) atoms. The van der Waals surface area contributed by atoms with Crippen LogP contribution in [0.4, 0.5) is 10.5 Å². The number of nitrogens with zero attached hydrogens (tertiary/aromatic N) is 1. The summed E-state index contributed by atoms with van der Waals surface area (Å²) in [5.41, 5.74) is 2.25. The van der Waals surface area contributed by atoms with Gasteiger partial charge in [-0.1, -0.05) is 36.4 Å². The first kappa shape index (κ1) is 15.1. The Morgan fingerprint density at radius 1 is 0.920 bits per heavy atom.